The second kappa shape index (κ2) is 9.35. The lowest BCUT2D eigenvalue weighted by atomic mass is 10.0. The van der Waals surface area contributed by atoms with E-state index in [0.717, 1.165) is 30.8 Å². The van der Waals surface area contributed by atoms with E-state index < -0.39 is 15.1 Å². The third-order valence-corrected chi connectivity index (χ3v) is 8.94. The molecule has 0 N–H and O–H groups in total. The van der Waals surface area contributed by atoms with E-state index in [1.54, 1.807) is 38.1 Å². The van der Waals surface area contributed by atoms with E-state index >= 15 is 0 Å². The van der Waals surface area contributed by atoms with E-state index in [0.29, 0.717) is 16.6 Å². The van der Waals surface area contributed by atoms with Crippen molar-refractivity contribution >= 4 is 27.5 Å². The first-order valence-corrected chi connectivity index (χ1v) is 12.7. The maximum absolute atomic E-state index is 12.8. The Bertz CT molecular complexity index is 952. The fraction of sp³-hybridized carbons (Fsp3) is 0.435. The van der Waals surface area contributed by atoms with Crippen LogP contribution < -0.4 is 0 Å². The summed E-state index contributed by atoms with van der Waals surface area (Å²) in [4.78, 5) is 15.1. The van der Waals surface area contributed by atoms with Gasteiger partial charge in [-0.15, -0.1) is 0 Å². The lowest BCUT2D eigenvalue weighted by Crippen LogP contribution is -2.34. The highest BCUT2D eigenvalue weighted by atomic mass is 32.2. The summed E-state index contributed by atoms with van der Waals surface area (Å²) in [5.41, 5.74) is 3.53. The first-order valence-electron chi connectivity index (χ1n) is 10.1. The van der Waals surface area contributed by atoms with Crippen molar-refractivity contribution in [1.29, 1.82) is 0 Å². The lowest BCUT2D eigenvalue weighted by Gasteiger charge is -2.21. The van der Waals surface area contributed by atoms with Crippen LogP contribution >= 0.6 is 11.8 Å². The summed E-state index contributed by atoms with van der Waals surface area (Å²) in [5.74, 6) is 1.03. The van der Waals surface area contributed by atoms with Crippen molar-refractivity contribution in [3.05, 3.63) is 65.2 Å². The predicted octanol–water partition coefficient (Wildman–Crippen LogP) is 4.43. The van der Waals surface area contributed by atoms with Crippen LogP contribution in [-0.4, -0.2) is 43.3 Å². The van der Waals surface area contributed by atoms with Gasteiger partial charge in [0.25, 0.3) is 0 Å². The molecule has 1 fully saturated rings. The van der Waals surface area contributed by atoms with Crippen LogP contribution in [0.3, 0.4) is 0 Å². The number of amides is 1. The van der Waals surface area contributed by atoms with Gasteiger partial charge in [0.15, 0.2) is 9.84 Å². The molecule has 0 spiro atoms. The third-order valence-electron chi connectivity index (χ3n) is 5.46. The number of hydrogen-bond donors (Lipinski definition) is 0. The second-order valence-corrected chi connectivity index (χ2v) is 11.6. The standard InChI is InChI=1S/C23H29NO3S2/c1-17(2)29(26,27)20-10-8-19(9-11-20)16-23(25)24-13-12-22(28-15-14-24)21-7-5-4-6-18(21)3/h4-11,17,22H,12-16H2,1-3H3/t22-/m0/s1. The highest BCUT2D eigenvalue weighted by Crippen LogP contribution is 2.36. The summed E-state index contributed by atoms with van der Waals surface area (Å²) < 4.78 is 24.5. The molecule has 1 heterocycles. The van der Waals surface area contributed by atoms with E-state index in [-0.39, 0.29) is 5.91 Å². The average Bonchev–Trinajstić information content (AvgIpc) is 2.95. The van der Waals surface area contributed by atoms with E-state index in [1.807, 2.05) is 16.7 Å². The summed E-state index contributed by atoms with van der Waals surface area (Å²) in [5, 5.41) is -0.0275. The minimum absolute atomic E-state index is 0.107. The van der Waals surface area contributed by atoms with Gasteiger partial charge in [-0.2, -0.15) is 11.8 Å². The average molecular weight is 432 g/mol. The zero-order valence-corrected chi connectivity index (χ0v) is 18.9. The predicted molar refractivity (Wildman–Crippen MR) is 120 cm³/mol. The first-order chi connectivity index (χ1) is 13.8. The van der Waals surface area contributed by atoms with Gasteiger partial charge < -0.3 is 4.90 Å². The Morgan fingerprint density at radius 2 is 1.79 bits per heavy atom. The van der Waals surface area contributed by atoms with Crippen molar-refractivity contribution < 1.29 is 13.2 Å². The Morgan fingerprint density at radius 3 is 2.45 bits per heavy atom. The number of hydrogen-bond acceptors (Lipinski definition) is 4. The van der Waals surface area contributed by atoms with Gasteiger partial charge in [-0.25, -0.2) is 8.42 Å². The van der Waals surface area contributed by atoms with Gasteiger partial charge in [0, 0.05) is 24.1 Å². The van der Waals surface area contributed by atoms with E-state index in [4.69, 9.17) is 0 Å². The topological polar surface area (TPSA) is 54.5 Å². The number of carbonyl (C=O) groups excluding carboxylic acids is 1. The molecule has 0 aromatic heterocycles. The Balaban J connectivity index is 1.62. The minimum Gasteiger partial charge on any atom is -0.342 e. The van der Waals surface area contributed by atoms with Crippen LogP contribution in [0.25, 0.3) is 0 Å². The number of aryl methyl sites for hydroxylation is 1. The van der Waals surface area contributed by atoms with Crippen molar-refractivity contribution in [2.24, 2.45) is 0 Å². The Kier molecular flexibility index (Phi) is 7.06. The fourth-order valence-corrected chi connectivity index (χ4v) is 5.96. The van der Waals surface area contributed by atoms with Gasteiger partial charge in [-0.1, -0.05) is 36.4 Å². The molecule has 156 valence electrons. The Morgan fingerprint density at radius 1 is 1.10 bits per heavy atom. The van der Waals surface area contributed by atoms with Crippen LogP contribution in [0.15, 0.2) is 53.4 Å². The molecule has 1 aliphatic heterocycles. The molecule has 4 nitrogen and oxygen atoms in total. The van der Waals surface area contributed by atoms with Crippen LogP contribution in [-0.2, 0) is 21.1 Å². The normalized spacial score (nSPS) is 17.9. The number of thioether (sulfide) groups is 1. The summed E-state index contributed by atoms with van der Waals surface area (Å²) in [6.07, 6.45) is 1.26. The molecule has 0 saturated carbocycles. The first kappa shape index (κ1) is 21.9. The van der Waals surface area contributed by atoms with Crippen LogP contribution in [0.5, 0.6) is 0 Å². The summed E-state index contributed by atoms with van der Waals surface area (Å²) in [7, 11) is -3.28. The quantitative estimate of drug-likeness (QED) is 0.703. The smallest absolute Gasteiger partial charge is 0.227 e. The molecule has 0 unspecified atom stereocenters. The zero-order valence-electron chi connectivity index (χ0n) is 17.3. The van der Waals surface area contributed by atoms with Crippen molar-refractivity contribution in [1.82, 2.24) is 4.90 Å². The Hall–Kier alpha value is -1.79. The Labute approximate surface area is 178 Å². The maximum atomic E-state index is 12.8. The summed E-state index contributed by atoms with van der Waals surface area (Å²) in [6, 6.07) is 15.2. The van der Waals surface area contributed by atoms with Crippen LogP contribution in [0.4, 0.5) is 0 Å². The molecular weight excluding hydrogens is 402 g/mol. The molecule has 2 aromatic carbocycles. The molecule has 0 aliphatic carbocycles. The van der Waals surface area contributed by atoms with Gasteiger partial charge in [-0.3, -0.25) is 4.79 Å². The molecule has 1 saturated heterocycles. The summed E-state index contributed by atoms with van der Waals surface area (Å²) >= 11 is 1.93. The molecule has 0 radical (unpaired) electrons. The molecule has 6 heteroatoms. The largest absolute Gasteiger partial charge is 0.342 e. The van der Waals surface area contributed by atoms with E-state index in [1.165, 1.54) is 11.1 Å². The van der Waals surface area contributed by atoms with Gasteiger partial charge in [0.1, 0.15) is 0 Å². The monoisotopic (exact) mass is 431 g/mol. The number of benzene rings is 2. The van der Waals surface area contributed by atoms with Crippen molar-refractivity contribution in [2.75, 3.05) is 18.8 Å². The maximum Gasteiger partial charge on any atom is 0.227 e. The number of carbonyl (C=O) groups is 1. The SMILES string of the molecule is Cc1ccccc1[C@@H]1CCN(C(=O)Cc2ccc(S(=O)(=O)C(C)C)cc2)CCS1. The second-order valence-electron chi connectivity index (χ2n) is 7.80. The third kappa shape index (κ3) is 5.23. The molecule has 1 aliphatic rings. The number of nitrogens with zero attached hydrogens (tertiary/aromatic N) is 1. The highest BCUT2D eigenvalue weighted by molar-refractivity contribution is 7.99. The van der Waals surface area contributed by atoms with Crippen molar-refractivity contribution in [2.45, 2.75) is 49.0 Å². The van der Waals surface area contributed by atoms with Crippen molar-refractivity contribution in [3.63, 3.8) is 0 Å². The zero-order chi connectivity index (χ0) is 21.0. The summed E-state index contributed by atoms with van der Waals surface area (Å²) in [6.45, 7) is 7.01. The molecule has 1 amide bonds. The van der Waals surface area contributed by atoms with Crippen LogP contribution in [0.1, 0.15) is 42.2 Å². The number of rotatable bonds is 5. The van der Waals surface area contributed by atoms with Crippen molar-refractivity contribution in [3.8, 4) is 0 Å². The minimum atomic E-state index is -3.28. The fourth-order valence-electron chi connectivity index (χ4n) is 3.57. The van der Waals surface area contributed by atoms with E-state index in [2.05, 4.69) is 31.2 Å². The van der Waals surface area contributed by atoms with Gasteiger partial charge in [0.05, 0.1) is 16.6 Å². The molecule has 2 aromatic rings. The molecule has 1 atom stereocenters. The van der Waals surface area contributed by atoms with Gasteiger partial charge in [0.2, 0.25) is 5.91 Å². The highest BCUT2D eigenvalue weighted by Gasteiger charge is 2.23. The molecule has 3 rings (SSSR count). The molecule has 0 bridgehead atoms. The van der Waals surface area contributed by atoms with Gasteiger partial charge in [-0.05, 0) is 56.0 Å². The van der Waals surface area contributed by atoms with Crippen LogP contribution in [0.2, 0.25) is 0 Å². The molecular formula is C23H29NO3S2. The number of sulfone groups is 1. The van der Waals surface area contributed by atoms with Crippen LogP contribution in [0, 0.1) is 6.92 Å². The molecule has 29 heavy (non-hydrogen) atoms. The van der Waals surface area contributed by atoms with E-state index in [9.17, 15) is 13.2 Å². The van der Waals surface area contributed by atoms with Gasteiger partial charge >= 0.3 is 0 Å². The lowest BCUT2D eigenvalue weighted by molar-refractivity contribution is -0.130.